The van der Waals surface area contributed by atoms with Gasteiger partial charge in [0, 0.05) is 12.3 Å². The summed E-state index contributed by atoms with van der Waals surface area (Å²) in [6.45, 7) is 3.81. The fourth-order valence-electron chi connectivity index (χ4n) is 3.11. The fraction of sp³-hybridized carbons (Fsp3) is 0.722. The maximum absolute atomic E-state index is 12.8. The zero-order chi connectivity index (χ0) is 23.0. The Balaban J connectivity index is 2.90. The molecule has 5 atom stereocenters. The van der Waals surface area contributed by atoms with Crippen LogP contribution in [0.2, 0.25) is 0 Å². The van der Waals surface area contributed by atoms with Gasteiger partial charge in [0.25, 0.3) is 0 Å². The normalized spacial score (nSPS) is 20.0. The summed E-state index contributed by atoms with van der Waals surface area (Å²) in [5.41, 5.74) is 5.85. The number of likely N-dealkylation sites (tertiary alicyclic amines) is 1. The first kappa shape index (κ1) is 25.7. The number of hydrogen-bond acceptors (Lipinski definition) is 7. The minimum absolute atomic E-state index is 0.111. The number of carboxylic acids is 2. The van der Waals surface area contributed by atoms with Crippen molar-refractivity contribution >= 4 is 42.3 Å². The van der Waals surface area contributed by atoms with E-state index < -0.39 is 60.2 Å². The molecule has 1 aliphatic rings. The molecule has 0 bridgehead atoms. The van der Waals surface area contributed by atoms with E-state index in [0.29, 0.717) is 12.8 Å². The number of nitrogens with one attached hydrogen (secondary N) is 2. The molecule has 0 aromatic heterocycles. The van der Waals surface area contributed by atoms with Crippen molar-refractivity contribution in [3.8, 4) is 0 Å². The molecule has 0 aliphatic carbocycles. The molecule has 0 aromatic rings. The van der Waals surface area contributed by atoms with Gasteiger partial charge in [-0.05, 0) is 18.8 Å². The highest BCUT2D eigenvalue weighted by Gasteiger charge is 2.39. The van der Waals surface area contributed by atoms with Crippen LogP contribution < -0.4 is 16.4 Å². The molecule has 12 heteroatoms. The lowest BCUT2D eigenvalue weighted by Crippen LogP contribution is -2.58. The Morgan fingerprint density at radius 2 is 1.73 bits per heavy atom. The number of carbonyl (C=O) groups excluding carboxylic acids is 3. The molecule has 0 radical (unpaired) electrons. The minimum atomic E-state index is -1.47. The van der Waals surface area contributed by atoms with E-state index in [1.807, 2.05) is 6.92 Å². The van der Waals surface area contributed by atoms with Crippen molar-refractivity contribution in [2.75, 3.05) is 12.3 Å². The quantitative estimate of drug-likeness (QED) is 0.214. The number of amides is 3. The molecule has 1 aliphatic heterocycles. The number of nitrogens with two attached hydrogens (primary N) is 1. The van der Waals surface area contributed by atoms with Gasteiger partial charge in [0.15, 0.2) is 0 Å². The second-order valence-corrected chi connectivity index (χ2v) is 7.71. The van der Waals surface area contributed by atoms with Gasteiger partial charge in [-0.25, -0.2) is 4.79 Å². The van der Waals surface area contributed by atoms with Crippen molar-refractivity contribution in [1.29, 1.82) is 0 Å². The van der Waals surface area contributed by atoms with Gasteiger partial charge in [-0.1, -0.05) is 20.3 Å². The van der Waals surface area contributed by atoms with Crippen LogP contribution in [0.15, 0.2) is 0 Å². The monoisotopic (exact) mass is 446 g/mol. The molecule has 3 amide bonds. The maximum Gasteiger partial charge on any atom is 0.326 e. The van der Waals surface area contributed by atoms with Crippen molar-refractivity contribution < 1.29 is 34.2 Å². The standard InChI is InChI=1S/C18H30N4O7S/c1-3-9(2)14(19)16(26)21-11(8-30)15(25)20-10(7-13(23)24)17(27)22-6-4-5-12(22)18(28)29/h9-12,14,30H,3-8,19H2,1-2H3,(H,20,25)(H,21,26)(H,23,24)(H,28,29). The molecule has 30 heavy (non-hydrogen) atoms. The zero-order valence-corrected chi connectivity index (χ0v) is 17.9. The van der Waals surface area contributed by atoms with Gasteiger partial charge in [0.05, 0.1) is 12.5 Å². The highest BCUT2D eigenvalue weighted by atomic mass is 32.1. The molecule has 1 heterocycles. The number of thiol groups is 1. The number of carbonyl (C=O) groups is 5. The largest absolute Gasteiger partial charge is 0.481 e. The highest BCUT2D eigenvalue weighted by molar-refractivity contribution is 7.80. The number of rotatable bonds is 11. The van der Waals surface area contributed by atoms with E-state index in [9.17, 15) is 29.1 Å². The summed E-state index contributed by atoms with van der Waals surface area (Å²) in [5.74, 6) is -4.94. The number of hydrogen-bond donors (Lipinski definition) is 6. The van der Waals surface area contributed by atoms with Crippen LogP contribution in [0.5, 0.6) is 0 Å². The molecule has 1 rings (SSSR count). The van der Waals surface area contributed by atoms with E-state index in [0.717, 1.165) is 4.90 Å². The summed E-state index contributed by atoms with van der Waals surface area (Å²) < 4.78 is 0. The van der Waals surface area contributed by atoms with Gasteiger partial charge in [-0.3, -0.25) is 19.2 Å². The Bertz CT molecular complexity index is 675. The first-order chi connectivity index (χ1) is 14.0. The third-order valence-electron chi connectivity index (χ3n) is 5.19. The Morgan fingerprint density at radius 1 is 1.13 bits per heavy atom. The molecule has 0 aromatic carbocycles. The Morgan fingerprint density at radius 3 is 2.23 bits per heavy atom. The van der Waals surface area contributed by atoms with E-state index in [-0.39, 0.29) is 24.6 Å². The minimum Gasteiger partial charge on any atom is -0.481 e. The highest BCUT2D eigenvalue weighted by Crippen LogP contribution is 2.19. The third-order valence-corrected chi connectivity index (χ3v) is 5.55. The van der Waals surface area contributed by atoms with E-state index in [1.165, 1.54) is 0 Å². The van der Waals surface area contributed by atoms with E-state index >= 15 is 0 Å². The van der Waals surface area contributed by atoms with Crippen LogP contribution in [-0.2, 0) is 24.0 Å². The van der Waals surface area contributed by atoms with Crippen molar-refractivity contribution in [1.82, 2.24) is 15.5 Å². The average Bonchev–Trinajstić information content (AvgIpc) is 3.19. The van der Waals surface area contributed by atoms with Crippen LogP contribution >= 0.6 is 12.6 Å². The summed E-state index contributed by atoms with van der Waals surface area (Å²) in [6.07, 6.45) is 0.631. The topological polar surface area (TPSA) is 179 Å². The van der Waals surface area contributed by atoms with Crippen LogP contribution in [0.4, 0.5) is 0 Å². The smallest absolute Gasteiger partial charge is 0.326 e. The second kappa shape index (κ2) is 11.7. The average molecular weight is 447 g/mol. The molecule has 6 N–H and O–H groups in total. The molecule has 1 fully saturated rings. The first-order valence-corrected chi connectivity index (χ1v) is 10.4. The van der Waals surface area contributed by atoms with Crippen LogP contribution in [0.1, 0.15) is 39.5 Å². The van der Waals surface area contributed by atoms with E-state index in [2.05, 4.69) is 23.3 Å². The fourth-order valence-corrected chi connectivity index (χ4v) is 3.37. The van der Waals surface area contributed by atoms with E-state index in [1.54, 1.807) is 6.92 Å². The summed E-state index contributed by atoms with van der Waals surface area (Å²) in [4.78, 5) is 61.2. The Labute approximate surface area is 180 Å². The molecule has 5 unspecified atom stereocenters. The predicted octanol–water partition coefficient (Wildman–Crippen LogP) is -1.19. The number of aliphatic carboxylic acids is 2. The van der Waals surface area contributed by atoms with Gasteiger partial charge in [0.1, 0.15) is 18.1 Å². The van der Waals surface area contributed by atoms with Gasteiger partial charge in [-0.2, -0.15) is 12.6 Å². The molecule has 170 valence electrons. The van der Waals surface area contributed by atoms with Gasteiger partial charge in [0.2, 0.25) is 17.7 Å². The number of carboxylic acid groups (broad SMARTS) is 2. The van der Waals surface area contributed by atoms with Crippen LogP contribution in [0.3, 0.4) is 0 Å². The maximum atomic E-state index is 12.8. The zero-order valence-electron chi connectivity index (χ0n) is 17.0. The summed E-state index contributed by atoms with van der Waals surface area (Å²) in [5, 5.41) is 23.2. The molecule has 11 nitrogen and oxygen atoms in total. The molecule has 1 saturated heterocycles. The van der Waals surface area contributed by atoms with Crippen molar-refractivity contribution in [3.63, 3.8) is 0 Å². The second-order valence-electron chi connectivity index (χ2n) is 7.34. The van der Waals surface area contributed by atoms with Crippen molar-refractivity contribution in [2.24, 2.45) is 11.7 Å². The SMILES string of the molecule is CCC(C)C(N)C(=O)NC(CS)C(=O)NC(CC(=O)O)C(=O)N1CCCC1C(=O)O. The summed E-state index contributed by atoms with van der Waals surface area (Å²) in [7, 11) is 0. The van der Waals surface area contributed by atoms with Gasteiger partial charge < -0.3 is 31.5 Å². The van der Waals surface area contributed by atoms with Crippen LogP contribution in [0.25, 0.3) is 0 Å². The molecule has 0 spiro atoms. The first-order valence-electron chi connectivity index (χ1n) is 9.75. The van der Waals surface area contributed by atoms with Crippen LogP contribution in [0, 0.1) is 5.92 Å². The molecular weight excluding hydrogens is 416 g/mol. The lowest BCUT2D eigenvalue weighted by atomic mass is 9.99. The summed E-state index contributed by atoms with van der Waals surface area (Å²) >= 11 is 4.04. The van der Waals surface area contributed by atoms with Crippen molar-refractivity contribution in [2.45, 2.75) is 63.7 Å². The third kappa shape index (κ3) is 6.87. The van der Waals surface area contributed by atoms with Crippen molar-refractivity contribution in [3.05, 3.63) is 0 Å². The lowest BCUT2D eigenvalue weighted by molar-refractivity contribution is -0.150. The summed E-state index contributed by atoms with van der Waals surface area (Å²) in [6, 6.07) is -4.53. The molecule has 0 saturated carbocycles. The number of nitrogens with zero attached hydrogens (tertiary/aromatic N) is 1. The van der Waals surface area contributed by atoms with Crippen LogP contribution in [-0.4, -0.2) is 81.2 Å². The predicted molar refractivity (Wildman–Crippen MR) is 110 cm³/mol. The van der Waals surface area contributed by atoms with E-state index in [4.69, 9.17) is 10.8 Å². The lowest BCUT2D eigenvalue weighted by Gasteiger charge is -2.28. The van der Waals surface area contributed by atoms with Gasteiger partial charge in [-0.15, -0.1) is 0 Å². The van der Waals surface area contributed by atoms with Gasteiger partial charge >= 0.3 is 11.9 Å². The Kier molecular flexibility index (Phi) is 10.1. The Hall–Kier alpha value is -2.34. The molecular formula is C18H30N4O7S.